The molecule has 2 amide bonds. The van der Waals surface area contributed by atoms with Gasteiger partial charge in [-0.15, -0.1) is 0 Å². The number of benzene rings is 2. The minimum atomic E-state index is -0.225. The molecular formula is C23H28N2O3. The minimum absolute atomic E-state index is 0.00357. The Hall–Kier alpha value is -2.82. The van der Waals surface area contributed by atoms with E-state index in [0.29, 0.717) is 37.5 Å². The van der Waals surface area contributed by atoms with Crippen LogP contribution in [0.2, 0.25) is 0 Å². The number of likely N-dealkylation sites (tertiary alicyclic amines) is 1. The van der Waals surface area contributed by atoms with E-state index in [1.165, 1.54) is 0 Å². The summed E-state index contributed by atoms with van der Waals surface area (Å²) in [6.45, 7) is 6.32. The molecule has 0 aliphatic carbocycles. The smallest absolute Gasteiger partial charge is 0.254 e. The van der Waals surface area contributed by atoms with E-state index in [-0.39, 0.29) is 23.7 Å². The topological polar surface area (TPSA) is 49.9 Å². The van der Waals surface area contributed by atoms with Crippen LogP contribution in [0.4, 0.5) is 0 Å². The van der Waals surface area contributed by atoms with Crippen LogP contribution in [0.15, 0.2) is 54.6 Å². The van der Waals surface area contributed by atoms with Gasteiger partial charge in [-0.2, -0.15) is 0 Å². The van der Waals surface area contributed by atoms with E-state index in [4.69, 9.17) is 4.74 Å². The molecule has 0 saturated carbocycles. The lowest BCUT2D eigenvalue weighted by Crippen LogP contribution is -2.39. The van der Waals surface area contributed by atoms with E-state index in [9.17, 15) is 9.59 Å². The molecule has 5 heteroatoms. The average molecular weight is 380 g/mol. The highest BCUT2D eigenvalue weighted by Gasteiger charge is 2.41. The molecule has 5 nitrogen and oxygen atoms in total. The maximum Gasteiger partial charge on any atom is 0.254 e. The fourth-order valence-corrected chi connectivity index (χ4v) is 3.97. The van der Waals surface area contributed by atoms with E-state index in [0.717, 1.165) is 5.56 Å². The Kier molecular flexibility index (Phi) is 6.34. The number of ether oxygens (including phenoxy) is 1. The molecule has 2 aromatic carbocycles. The summed E-state index contributed by atoms with van der Waals surface area (Å²) in [6, 6.07) is 17.2. The maximum absolute atomic E-state index is 13.2. The monoisotopic (exact) mass is 380 g/mol. The van der Waals surface area contributed by atoms with Crippen LogP contribution in [0.25, 0.3) is 0 Å². The third-order valence-corrected chi connectivity index (χ3v) is 5.54. The molecule has 3 rings (SSSR count). The van der Waals surface area contributed by atoms with Crippen LogP contribution in [-0.2, 0) is 4.79 Å². The Morgan fingerprint density at radius 2 is 1.75 bits per heavy atom. The molecule has 2 atom stereocenters. The van der Waals surface area contributed by atoms with Crippen LogP contribution in [0.1, 0.15) is 35.7 Å². The van der Waals surface area contributed by atoms with E-state index < -0.39 is 0 Å². The van der Waals surface area contributed by atoms with Crippen molar-refractivity contribution in [2.45, 2.75) is 19.8 Å². The van der Waals surface area contributed by atoms with Gasteiger partial charge in [0.2, 0.25) is 5.91 Å². The number of carbonyl (C=O) groups excluding carboxylic acids is 2. The van der Waals surface area contributed by atoms with Crippen molar-refractivity contribution in [3.05, 3.63) is 65.7 Å². The Balaban J connectivity index is 1.88. The average Bonchev–Trinajstić information content (AvgIpc) is 3.20. The normalized spacial score (nSPS) is 18.8. The number of carbonyl (C=O) groups is 2. The molecule has 0 N–H and O–H groups in total. The highest BCUT2D eigenvalue weighted by atomic mass is 16.5. The van der Waals surface area contributed by atoms with Gasteiger partial charge in [0.05, 0.1) is 13.0 Å². The van der Waals surface area contributed by atoms with Crippen molar-refractivity contribution in [2.75, 3.05) is 33.3 Å². The van der Waals surface area contributed by atoms with Crippen molar-refractivity contribution in [3.63, 3.8) is 0 Å². The van der Waals surface area contributed by atoms with Crippen molar-refractivity contribution < 1.29 is 14.3 Å². The summed E-state index contributed by atoms with van der Waals surface area (Å²) in [4.78, 5) is 29.9. The van der Waals surface area contributed by atoms with Gasteiger partial charge >= 0.3 is 0 Å². The van der Waals surface area contributed by atoms with Crippen LogP contribution >= 0.6 is 0 Å². The lowest BCUT2D eigenvalue weighted by Gasteiger charge is -2.25. The zero-order valence-corrected chi connectivity index (χ0v) is 16.8. The molecule has 2 aromatic rings. The largest absolute Gasteiger partial charge is 0.497 e. The molecule has 28 heavy (non-hydrogen) atoms. The molecule has 0 spiro atoms. The van der Waals surface area contributed by atoms with Crippen molar-refractivity contribution in [3.8, 4) is 5.75 Å². The van der Waals surface area contributed by atoms with Gasteiger partial charge in [-0.05, 0) is 37.6 Å². The Morgan fingerprint density at radius 1 is 1.04 bits per heavy atom. The van der Waals surface area contributed by atoms with Crippen molar-refractivity contribution in [1.29, 1.82) is 0 Å². The van der Waals surface area contributed by atoms with Crippen molar-refractivity contribution >= 4 is 11.8 Å². The fraction of sp³-hybridized carbons (Fsp3) is 0.391. The fourth-order valence-electron chi connectivity index (χ4n) is 3.97. The second kappa shape index (κ2) is 8.91. The van der Waals surface area contributed by atoms with Crippen molar-refractivity contribution in [1.82, 2.24) is 9.80 Å². The maximum atomic E-state index is 13.2. The summed E-state index contributed by atoms with van der Waals surface area (Å²) in [5.41, 5.74) is 1.69. The summed E-state index contributed by atoms with van der Waals surface area (Å²) in [6.07, 6.45) is 0. The van der Waals surface area contributed by atoms with Gasteiger partial charge < -0.3 is 14.5 Å². The first-order valence-electron chi connectivity index (χ1n) is 9.86. The predicted octanol–water partition coefficient (Wildman–Crippen LogP) is 3.42. The Morgan fingerprint density at radius 3 is 2.39 bits per heavy atom. The third kappa shape index (κ3) is 4.03. The molecular weight excluding hydrogens is 352 g/mol. The van der Waals surface area contributed by atoms with E-state index in [2.05, 4.69) is 0 Å². The van der Waals surface area contributed by atoms with E-state index in [1.54, 1.807) is 24.1 Å². The molecule has 1 saturated heterocycles. The van der Waals surface area contributed by atoms with Gasteiger partial charge in [0.1, 0.15) is 5.75 Å². The SMILES string of the molecule is CCN(CC)C(=O)[C@H]1CN(C(=O)c2cccc(OC)c2)C[C@H]1c1ccccc1. The van der Waals surface area contributed by atoms with Gasteiger partial charge in [-0.3, -0.25) is 9.59 Å². The van der Waals surface area contributed by atoms with Crippen LogP contribution in [-0.4, -0.2) is 54.9 Å². The van der Waals surface area contributed by atoms with Gasteiger partial charge in [-0.1, -0.05) is 36.4 Å². The highest BCUT2D eigenvalue weighted by Crippen LogP contribution is 2.35. The summed E-state index contributed by atoms with van der Waals surface area (Å²) >= 11 is 0. The first-order valence-corrected chi connectivity index (χ1v) is 9.86. The number of methoxy groups -OCH3 is 1. The second-order valence-electron chi connectivity index (χ2n) is 7.08. The van der Waals surface area contributed by atoms with Gasteiger partial charge in [0.15, 0.2) is 0 Å². The van der Waals surface area contributed by atoms with Crippen LogP contribution in [0, 0.1) is 5.92 Å². The zero-order valence-electron chi connectivity index (χ0n) is 16.8. The quantitative estimate of drug-likeness (QED) is 0.772. The van der Waals surface area contributed by atoms with E-state index in [1.807, 2.05) is 61.2 Å². The molecule has 1 aliphatic rings. The molecule has 0 aromatic heterocycles. The van der Waals surface area contributed by atoms with Gasteiger partial charge in [0.25, 0.3) is 5.91 Å². The lowest BCUT2D eigenvalue weighted by molar-refractivity contribution is -0.135. The van der Waals surface area contributed by atoms with Crippen molar-refractivity contribution in [2.24, 2.45) is 5.92 Å². The standard InChI is InChI=1S/C23H28N2O3/c1-4-24(5-2)23(27)21-16-25(15-20(21)17-10-7-6-8-11-17)22(26)18-12-9-13-19(14-18)28-3/h6-14,20-21H,4-5,15-16H2,1-3H3/t20-,21-/m0/s1. The molecule has 1 aliphatic heterocycles. The number of nitrogens with zero attached hydrogens (tertiary/aromatic N) is 2. The molecule has 0 bridgehead atoms. The summed E-state index contributed by atoms with van der Waals surface area (Å²) in [5, 5.41) is 0. The number of amides is 2. The first kappa shape index (κ1) is 19.9. The number of hydrogen-bond acceptors (Lipinski definition) is 3. The molecule has 0 unspecified atom stereocenters. The van der Waals surface area contributed by atoms with Crippen LogP contribution < -0.4 is 4.74 Å². The molecule has 1 heterocycles. The first-order chi connectivity index (χ1) is 13.6. The van der Waals surface area contributed by atoms with E-state index >= 15 is 0 Å². The minimum Gasteiger partial charge on any atom is -0.497 e. The molecule has 148 valence electrons. The number of hydrogen-bond donors (Lipinski definition) is 0. The van der Waals surface area contributed by atoms with Crippen LogP contribution in [0.3, 0.4) is 0 Å². The van der Waals surface area contributed by atoms with Gasteiger partial charge in [-0.25, -0.2) is 0 Å². The Bertz CT molecular complexity index is 818. The summed E-state index contributed by atoms with van der Waals surface area (Å²) < 4.78 is 5.25. The lowest BCUT2D eigenvalue weighted by atomic mass is 9.88. The second-order valence-corrected chi connectivity index (χ2v) is 7.08. The van der Waals surface area contributed by atoms with Gasteiger partial charge in [0, 0.05) is 37.7 Å². The summed E-state index contributed by atoms with van der Waals surface area (Å²) in [7, 11) is 1.59. The number of rotatable bonds is 6. The molecule has 1 fully saturated rings. The summed E-state index contributed by atoms with van der Waals surface area (Å²) in [5.74, 6) is 0.496. The highest BCUT2D eigenvalue weighted by molar-refractivity contribution is 5.95. The Labute approximate surface area is 166 Å². The predicted molar refractivity (Wildman–Crippen MR) is 109 cm³/mol. The zero-order chi connectivity index (χ0) is 20.1. The van der Waals surface area contributed by atoms with Crippen LogP contribution in [0.5, 0.6) is 5.75 Å². The molecule has 0 radical (unpaired) electrons. The third-order valence-electron chi connectivity index (χ3n) is 5.54.